The van der Waals surface area contributed by atoms with Gasteiger partial charge in [0, 0.05) is 0 Å². The van der Waals surface area contributed by atoms with Crippen LogP contribution in [0.5, 0.6) is 5.75 Å². The van der Waals surface area contributed by atoms with Gasteiger partial charge in [-0.25, -0.2) is 12.8 Å². The maximum Gasteiger partial charge on any atom is 0.264 e. The van der Waals surface area contributed by atoms with Crippen LogP contribution in [-0.4, -0.2) is 20.9 Å². The first-order valence-corrected chi connectivity index (χ1v) is 8.19. The molecule has 23 heavy (non-hydrogen) atoms. The summed E-state index contributed by atoms with van der Waals surface area (Å²) in [5.74, 6) is -0.728. The van der Waals surface area contributed by atoms with Gasteiger partial charge in [0.15, 0.2) is 6.61 Å². The first kappa shape index (κ1) is 15.3. The van der Waals surface area contributed by atoms with Gasteiger partial charge in [0.05, 0.1) is 11.4 Å². The normalized spacial score (nSPS) is 13.7. The fourth-order valence-corrected chi connectivity index (χ4v) is 3.39. The molecule has 0 saturated carbocycles. The number of hydrogen-bond donors (Lipinski definition) is 2. The van der Waals surface area contributed by atoms with E-state index in [1.165, 1.54) is 30.3 Å². The third-order valence-electron chi connectivity index (χ3n) is 3.24. The van der Waals surface area contributed by atoms with Gasteiger partial charge in [-0.3, -0.25) is 9.52 Å². The van der Waals surface area contributed by atoms with E-state index in [1.54, 1.807) is 6.92 Å². The number of aryl methyl sites for hydroxylation is 1. The zero-order chi connectivity index (χ0) is 16.6. The van der Waals surface area contributed by atoms with E-state index in [1.807, 2.05) is 0 Å². The van der Waals surface area contributed by atoms with Crippen LogP contribution >= 0.6 is 0 Å². The van der Waals surface area contributed by atoms with E-state index >= 15 is 0 Å². The Hall–Kier alpha value is -2.61. The second kappa shape index (κ2) is 5.54. The average Bonchev–Trinajstić information content (AvgIpc) is 2.48. The number of hydrogen-bond acceptors (Lipinski definition) is 4. The molecule has 0 aliphatic carbocycles. The van der Waals surface area contributed by atoms with Crippen molar-refractivity contribution >= 4 is 27.3 Å². The Morgan fingerprint density at radius 2 is 2.00 bits per heavy atom. The van der Waals surface area contributed by atoms with Crippen LogP contribution in [0.3, 0.4) is 0 Å². The summed E-state index contributed by atoms with van der Waals surface area (Å²) in [4.78, 5) is 10.9. The molecule has 1 amide bonds. The summed E-state index contributed by atoms with van der Waals surface area (Å²) in [6.07, 6.45) is 0. The number of carbonyl (C=O) groups is 1. The summed E-state index contributed by atoms with van der Waals surface area (Å²) in [5.41, 5.74) is 1.17. The van der Waals surface area contributed by atoms with Crippen molar-refractivity contribution in [1.82, 2.24) is 0 Å². The molecule has 0 saturated heterocycles. The number of anilines is 2. The monoisotopic (exact) mass is 336 g/mol. The summed E-state index contributed by atoms with van der Waals surface area (Å²) < 4.78 is 46.0. The van der Waals surface area contributed by atoms with E-state index in [4.69, 9.17) is 4.74 Å². The number of rotatable bonds is 3. The van der Waals surface area contributed by atoms with Crippen LogP contribution in [0.4, 0.5) is 15.8 Å². The first-order valence-electron chi connectivity index (χ1n) is 6.71. The molecular weight excluding hydrogens is 323 g/mol. The molecule has 120 valence electrons. The minimum absolute atomic E-state index is 0.0907. The zero-order valence-corrected chi connectivity index (χ0v) is 12.9. The number of fused-ring (bicyclic) bond motifs is 1. The Bertz CT molecular complexity index is 896. The maximum absolute atomic E-state index is 13.8. The van der Waals surface area contributed by atoms with Gasteiger partial charge in [-0.1, -0.05) is 6.07 Å². The van der Waals surface area contributed by atoms with Crippen molar-refractivity contribution in [3.05, 3.63) is 47.8 Å². The number of sulfonamides is 1. The van der Waals surface area contributed by atoms with E-state index in [0.717, 1.165) is 6.07 Å². The molecule has 8 heteroatoms. The number of benzene rings is 2. The van der Waals surface area contributed by atoms with Gasteiger partial charge >= 0.3 is 0 Å². The maximum atomic E-state index is 13.8. The minimum atomic E-state index is -4.09. The molecule has 0 spiro atoms. The van der Waals surface area contributed by atoms with Crippen molar-refractivity contribution < 1.29 is 22.3 Å². The van der Waals surface area contributed by atoms with Gasteiger partial charge in [-0.05, 0) is 42.8 Å². The molecule has 0 unspecified atom stereocenters. The highest BCUT2D eigenvalue weighted by molar-refractivity contribution is 7.92. The quantitative estimate of drug-likeness (QED) is 0.900. The van der Waals surface area contributed by atoms with Gasteiger partial charge in [0.2, 0.25) is 0 Å². The second-order valence-corrected chi connectivity index (χ2v) is 6.74. The molecule has 0 atom stereocenters. The molecule has 1 heterocycles. The molecule has 2 aromatic carbocycles. The van der Waals surface area contributed by atoms with Crippen LogP contribution in [0, 0.1) is 12.7 Å². The summed E-state index contributed by atoms with van der Waals surface area (Å²) >= 11 is 0. The lowest BCUT2D eigenvalue weighted by molar-refractivity contribution is -0.118. The molecule has 3 rings (SSSR count). The Morgan fingerprint density at radius 1 is 1.22 bits per heavy atom. The molecule has 2 N–H and O–H groups in total. The summed E-state index contributed by atoms with van der Waals surface area (Å²) in [6.45, 7) is 1.58. The van der Waals surface area contributed by atoms with E-state index < -0.39 is 20.7 Å². The van der Waals surface area contributed by atoms with Crippen molar-refractivity contribution in [2.75, 3.05) is 16.6 Å². The Kier molecular flexibility index (Phi) is 3.69. The van der Waals surface area contributed by atoms with Crippen molar-refractivity contribution in [1.29, 1.82) is 0 Å². The molecule has 0 aromatic heterocycles. The lowest BCUT2D eigenvalue weighted by atomic mass is 10.2. The zero-order valence-electron chi connectivity index (χ0n) is 12.1. The van der Waals surface area contributed by atoms with Crippen LogP contribution in [0.25, 0.3) is 0 Å². The third kappa shape index (κ3) is 3.11. The molecular formula is C15H13FN2O4S. The van der Waals surface area contributed by atoms with Crippen LogP contribution in [0.15, 0.2) is 41.3 Å². The Morgan fingerprint density at radius 3 is 2.78 bits per heavy atom. The van der Waals surface area contributed by atoms with Crippen molar-refractivity contribution in [2.24, 2.45) is 0 Å². The molecule has 2 aromatic rings. The van der Waals surface area contributed by atoms with Gasteiger partial charge in [0.1, 0.15) is 16.5 Å². The molecule has 0 fully saturated rings. The second-order valence-electron chi connectivity index (χ2n) is 5.09. The fraction of sp³-hybridized carbons (Fsp3) is 0.133. The third-order valence-corrected chi connectivity index (χ3v) is 4.64. The van der Waals surface area contributed by atoms with Gasteiger partial charge in [-0.15, -0.1) is 0 Å². The Balaban J connectivity index is 1.93. The molecule has 0 radical (unpaired) electrons. The minimum Gasteiger partial charge on any atom is -0.482 e. The summed E-state index contributed by atoms with van der Waals surface area (Å²) in [7, 11) is -4.09. The van der Waals surface area contributed by atoms with Gasteiger partial charge < -0.3 is 10.1 Å². The lowest BCUT2D eigenvalue weighted by Crippen LogP contribution is -2.25. The molecule has 6 nitrogen and oxygen atoms in total. The highest BCUT2D eigenvalue weighted by Crippen LogP contribution is 2.31. The van der Waals surface area contributed by atoms with E-state index in [2.05, 4.69) is 10.0 Å². The molecule has 0 bridgehead atoms. The number of ether oxygens (including phenoxy) is 1. The van der Waals surface area contributed by atoms with Crippen molar-refractivity contribution in [2.45, 2.75) is 11.8 Å². The highest BCUT2D eigenvalue weighted by atomic mass is 32.2. The van der Waals surface area contributed by atoms with Crippen molar-refractivity contribution in [3.8, 4) is 5.75 Å². The van der Waals surface area contributed by atoms with Crippen LogP contribution < -0.4 is 14.8 Å². The summed E-state index contributed by atoms with van der Waals surface area (Å²) in [5, 5.41) is 2.57. The Labute approximate surface area is 132 Å². The predicted molar refractivity (Wildman–Crippen MR) is 82.5 cm³/mol. The topological polar surface area (TPSA) is 84.5 Å². The van der Waals surface area contributed by atoms with Crippen LogP contribution in [0.1, 0.15) is 5.56 Å². The van der Waals surface area contributed by atoms with E-state index in [-0.39, 0.29) is 18.2 Å². The lowest BCUT2D eigenvalue weighted by Gasteiger charge is -2.19. The van der Waals surface area contributed by atoms with E-state index in [9.17, 15) is 17.6 Å². The van der Waals surface area contributed by atoms with E-state index in [0.29, 0.717) is 17.0 Å². The predicted octanol–water partition coefficient (Wildman–Crippen LogP) is 2.27. The number of halogens is 1. The smallest absolute Gasteiger partial charge is 0.264 e. The van der Waals surface area contributed by atoms with Gasteiger partial charge in [-0.2, -0.15) is 0 Å². The van der Waals surface area contributed by atoms with Crippen molar-refractivity contribution in [3.63, 3.8) is 0 Å². The van der Waals surface area contributed by atoms with Crippen LogP contribution in [-0.2, 0) is 14.8 Å². The standard InChI is InChI=1S/C15H13FN2O4S/c1-9-2-4-11(16)14(6-9)23(20,21)18-10-3-5-13-12(7-10)17-15(19)8-22-13/h2-7,18H,8H2,1H3,(H,17,19). The average molecular weight is 336 g/mol. The summed E-state index contributed by atoms with van der Waals surface area (Å²) in [6, 6.07) is 8.25. The fourth-order valence-electron chi connectivity index (χ4n) is 2.17. The number of nitrogens with one attached hydrogen (secondary N) is 2. The number of amides is 1. The first-order chi connectivity index (χ1) is 10.8. The highest BCUT2D eigenvalue weighted by Gasteiger charge is 2.21. The SMILES string of the molecule is Cc1ccc(F)c(S(=O)(=O)Nc2ccc3c(c2)NC(=O)CO3)c1. The number of carbonyl (C=O) groups excluding carboxylic acids is 1. The van der Waals surface area contributed by atoms with Gasteiger partial charge in [0.25, 0.3) is 15.9 Å². The molecule has 1 aliphatic rings. The largest absolute Gasteiger partial charge is 0.482 e. The van der Waals surface area contributed by atoms with Crippen LogP contribution in [0.2, 0.25) is 0 Å². The molecule has 1 aliphatic heterocycles.